The van der Waals surface area contributed by atoms with E-state index in [-0.39, 0.29) is 18.4 Å². The summed E-state index contributed by atoms with van der Waals surface area (Å²) in [6, 6.07) is 17.9. The van der Waals surface area contributed by atoms with Crippen molar-refractivity contribution < 1.29 is 19.1 Å². The number of halogens is 2. The SMILES string of the molecule is Cc1ccccc1CN1C(=O)C(C)Oc2ccc(NC(=O)COc3ccc(Cl)cc3Cl)cc21. The fourth-order valence-electron chi connectivity index (χ4n) is 3.54. The molecule has 1 heterocycles. The summed E-state index contributed by atoms with van der Waals surface area (Å²) in [7, 11) is 0. The van der Waals surface area contributed by atoms with E-state index < -0.39 is 6.10 Å². The monoisotopic (exact) mass is 484 g/mol. The number of rotatable bonds is 6. The van der Waals surface area contributed by atoms with E-state index in [1.54, 1.807) is 48.2 Å². The van der Waals surface area contributed by atoms with Crippen molar-refractivity contribution in [2.75, 3.05) is 16.8 Å². The average Bonchev–Trinajstić information content (AvgIpc) is 2.78. The van der Waals surface area contributed by atoms with Crippen molar-refractivity contribution in [2.24, 2.45) is 0 Å². The lowest BCUT2D eigenvalue weighted by Crippen LogP contribution is -2.44. The summed E-state index contributed by atoms with van der Waals surface area (Å²) in [5, 5.41) is 3.59. The number of benzene rings is 3. The Morgan fingerprint density at radius 1 is 1.12 bits per heavy atom. The summed E-state index contributed by atoms with van der Waals surface area (Å²) in [4.78, 5) is 27.1. The molecule has 0 saturated heterocycles. The standard InChI is InChI=1S/C25H22Cl2N2O4/c1-15-5-3-4-6-17(15)13-29-21-12-19(8-10-23(21)33-16(2)25(29)31)28-24(30)14-32-22-9-7-18(26)11-20(22)27/h3-12,16H,13-14H2,1-2H3,(H,28,30). The van der Waals surface area contributed by atoms with E-state index in [4.69, 9.17) is 32.7 Å². The molecule has 4 rings (SSSR count). The highest BCUT2D eigenvalue weighted by atomic mass is 35.5. The molecular formula is C25H22Cl2N2O4. The Kier molecular flexibility index (Phi) is 6.77. The average molecular weight is 485 g/mol. The molecule has 1 N–H and O–H groups in total. The van der Waals surface area contributed by atoms with Gasteiger partial charge < -0.3 is 19.7 Å². The highest BCUT2D eigenvalue weighted by Crippen LogP contribution is 2.37. The molecule has 0 radical (unpaired) electrons. The maximum absolute atomic E-state index is 12.9. The van der Waals surface area contributed by atoms with Crippen molar-refractivity contribution in [3.8, 4) is 11.5 Å². The molecule has 0 fully saturated rings. The van der Waals surface area contributed by atoms with E-state index in [0.717, 1.165) is 11.1 Å². The minimum atomic E-state index is -0.598. The molecule has 1 unspecified atom stereocenters. The Balaban J connectivity index is 1.51. The Morgan fingerprint density at radius 2 is 1.91 bits per heavy atom. The second-order valence-electron chi connectivity index (χ2n) is 7.71. The molecule has 0 spiro atoms. The zero-order valence-electron chi connectivity index (χ0n) is 18.1. The molecule has 6 nitrogen and oxygen atoms in total. The number of nitrogens with zero attached hydrogens (tertiary/aromatic N) is 1. The maximum Gasteiger partial charge on any atom is 0.268 e. The van der Waals surface area contributed by atoms with Gasteiger partial charge in [0.1, 0.15) is 11.5 Å². The van der Waals surface area contributed by atoms with E-state index in [0.29, 0.717) is 39.5 Å². The van der Waals surface area contributed by atoms with E-state index in [1.165, 1.54) is 0 Å². The molecule has 3 aromatic rings. The normalized spacial score (nSPS) is 15.0. The highest BCUT2D eigenvalue weighted by Gasteiger charge is 2.32. The Bertz CT molecular complexity index is 1210. The predicted molar refractivity (Wildman–Crippen MR) is 129 cm³/mol. The quantitative estimate of drug-likeness (QED) is 0.491. The van der Waals surface area contributed by atoms with Crippen LogP contribution in [0.25, 0.3) is 0 Å². The molecule has 0 aliphatic carbocycles. The Morgan fingerprint density at radius 3 is 2.67 bits per heavy atom. The van der Waals surface area contributed by atoms with Gasteiger partial charge in [0.05, 0.1) is 17.3 Å². The molecule has 0 aromatic heterocycles. The summed E-state index contributed by atoms with van der Waals surface area (Å²) in [5.41, 5.74) is 3.24. The molecule has 0 bridgehead atoms. The number of fused-ring (bicyclic) bond motifs is 1. The van der Waals surface area contributed by atoms with Gasteiger partial charge in [0.2, 0.25) is 0 Å². The van der Waals surface area contributed by atoms with Crippen LogP contribution in [0, 0.1) is 6.92 Å². The number of carbonyl (C=O) groups is 2. The predicted octanol–water partition coefficient (Wildman–Crippen LogP) is 5.63. The van der Waals surface area contributed by atoms with Gasteiger partial charge in [-0.15, -0.1) is 0 Å². The second-order valence-corrected chi connectivity index (χ2v) is 8.55. The second kappa shape index (κ2) is 9.73. The van der Waals surface area contributed by atoms with Crippen LogP contribution < -0.4 is 19.7 Å². The van der Waals surface area contributed by atoms with Crippen LogP contribution in [0.3, 0.4) is 0 Å². The summed E-state index contributed by atoms with van der Waals surface area (Å²) in [6.45, 7) is 3.90. The first-order valence-corrected chi connectivity index (χ1v) is 11.1. The summed E-state index contributed by atoms with van der Waals surface area (Å²) >= 11 is 12.0. The van der Waals surface area contributed by atoms with Crippen molar-refractivity contribution >= 4 is 46.4 Å². The van der Waals surface area contributed by atoms with Crippen molar-refractivity contribution in [1.82, 2.24) is 0 Å². The molecule has 2 amide bonds. The first-order chi connectivity index (χ1) is 15.8. The fraction of sp³-hybridized carbons (Fsp3) is 0.200. The van der Waals surface area contributed by atoms with Gasteiger partial charge in [-0.25, -0.2) is 0 Å². The number of carbonyl (C=O) groups excluding carboxylic acids is 2. The number of anilines is 2. The van der Waals surface area contributed by atoms with Gasteiger partial charge in [-0.2, -0.15) is 0 Å². The maximum atomic E-state index is 12.9. The summed E-state index contributed by atoms with van der Waals surface area (Å²) in [5.74, 6) is 0.426. The van der Waals surface area contributed by atoms with Gasteiger partial charge in [-0.05, 0) is 61.4 Å². The summed E-state index contributed by atoms with van der Waals surface area (Å²) < 4.78 is 11.3. The Hall–Kier alpha value is -3.22. The lowest BCUT2D eigenvalue weighted by molar-refractivity contribution is -0.125. The van der Waals surface area contributed by atoms with Gasteiger partial charge in [0, 0.05) is 10.7 Å². The zero-order chi connectivity index (χ0) is 23.5. The number of hydrogen-bond donors (Lipinski definition) is 1. The third-order valence-corrected chi connectivity index (χ3v) is 5.82. The Labute approximate surface area is 202 Å². The van der Waals surface area contributed by atoms with Crippen LogP contribution in [0.4, 0.5) is 11.4 Å². The lowest BCUT2D eigenvalue weighted by Gasteiger charge is -2.33. The van der Waals surface area contributed by atoms with Crippen LogP contribution in [0.15, 0.2) is 60.7 Å². The number of aryl methyl sites for hydroxylation is 1. The van der Waals surface area contributed by atoms with Crippen LogP contribution in [0.2, 0.25) is 10.0 Å². The van der Waals surface area contributed by atoms with Crippen LogP contribution >= 0.6 is 23.2 Å². The molecule has 8 heteroatoms. The van der Waals surface area contributed by atoms with Crippen LogP contribution in [-0.2, 0) is 16.1 Å². The number of hydrogen-bond acceptors (Lipinski definition) is 4. The van der Waals surface area contributed by atoms with Gasteiger partial charge in [0.25, 0.3) is 11.8 Å². The number of nitrogens with one attached hydrogen (secondary N) is 1. The van der Waals surface area contributed by atoms with Gasteiger partial charge >= 0.3 is 0 Å². The summed E-state index contributed by atoms with van der Waals surface area (Å²) in [6.07, 6.45) is -0.598. The molecule has 1 aliphatic heterocycles. The molecule has 0 saturated carbocycles. The van der Waals surface area contributed by atoms with E-state index in [9.17, 15) is 9.59 Å². The van der Waals surface area contributed by atoms with Crippen LogP contribution in [0.5, 0.6) is 11.5 Å². The molecular weight excluding hydrogens is 463 g/mol. The smallest absolute Gasteiger partial charge is 0.268 e. The molecule has 170 valence electrons. The first kappa shape index (κ1) is 23.0. The lowest BCUT2D eigenvalue weighted by atomic mass is 10.1. The third kappa shape index (κ3) is 5.24. The highest BCUT2D eigenvalue weighted by molar-refractivity contribution is 6.35. The van der Waals surface area contributed by atoms with Crippen LogP contribution in [0.1, 0.15) is 18.1 Å². The minimum absolute atomic E-state index is 0.144. The van der Waals surface area contributed by atoms with E-state index in [2.05, 4.69) is 5.32 Å². The topological polar surface area (TPSA) is 67.9 Å². The van der Waals surface area contributed by atoms with E-state index >= 15 is 0 Å². The fourth-order valence-corrected chi connectivity index (χ4v) is 4.00. The first-order valence-electron chi connectivity index (χ1n) is 10.4. The van der Waals surface area contributed by atoms with Crippen LogP contribution in [-0.4, -0.2) is 24.5 Å². The number of amides is 2. The third-order valence-electron chi connectivity index (χ3n) is 5.29. The van der Waals surface area contributed by atoms with E-state index in [1.807, 2.05) is 31.2 Å². The van der Waals surface area contributed by atoms with Crippen molar-refractivity contribution in [3.63, 3.8) is 0 Å². The van der Waals surface area contributed by atoms with Crippen molar-refractivity contribution in [2.45, 2.75) is 26.5 Å². The zero-order valence-corrected chi connectivity index (χ0v) is 19.6. The van der Waals surface area contributed by atoms with Crippen molar-refractivity contribution in [3.05, 3.63) is 81.8 Å². The molecule has 33 heavy (non-hydrogen) atoms. The van der Waals surface area contributed by atoms with Gasteiger partial charge in [-0.3, -0.25) is 9.59 Å². The molecule has 3 aromatic carbocycles. The van der Waals surface area contributed by atoms with Crippen molar-refractivity contribution in [1.29, 1.82) is 0 Å². The van der Waals surface area contributed by atoms with Gasteiger partial charge in [-0.1, -0.05) is 47.5 Å². The van der Waals surface area contributed by atoms with Gasteiger partial charge in [0.15, 0.2) is 12.7 Å². The number of ether oxygens (including phenoxy) is 2. The largest absolute Gasteiger partial charge is 0.482 e. The molecule has 1 atom stereocenters. The minimum Gasteiger partial charge on any atom is -0.482 e. The molecule has 1 aliphatic rings.